The maximum absolute atomic E-state index is 12.4. The molecule has 1 aromatic rings. The molecule has 1 saturated heterocycles. The average Bonchev–Trinajstić information content (AvgIpc) is 2.92. The fourth-order valence-electron chi connectivity index (χ4n) is 3.64. The molecule has 2 aliphatic rings. The van der Waals surface area contributed by atoms with Crippen LogP contribution in [-0.2, 0) is 14.9 Å². The van der Waals surface area contributed by atoms with Crippen LogP contribution in [-0.4, -0.2) is 38.3 Å². The van der Waals surface area contributed by atoms with E-state index in [0.717, 1.165) is 25.9 Å². The lowest BCUT2D eigenvalue weighted by molar-refractivity contribution is -0.131. The first-order valence-corrected chi connectivity index (χ1v) is 7.72. The van der Waals surface area contributed by atoms with Crippen LogP contribution in [0.1, 0.15) is 25.3 Å². The van der Waals surface area contributed by atoms with Crippen molar-refractivity contribution in [1.82, 2.24) is 10.6 Å². The van der Waals surface area contributed by atoms with E-state index in [9.17, 15) is 4.79 Å². The second-order valence-electron chi connectivity index (χ2n) is 6.58. The monoisotopic (exact) mass is 288 g/mol. The van der Waals surface area contributed by atoms with Gasteiger partial charge in [0, 0.05) is 26.1 Å². The summed E-state index contributed by atoms with van der Waals surface area (Å²) < 4.78 is 5.39. The van der Waals surface area contributed by atoms with Gasteiger partial charge >= 0.3 is 0 Å². The highest BCUT2D eigenvalue weighted by Crippen LogP contribution is 2.47. The first-order chi connectivity index (χ1) is 10.1. The molecule has 2 N–H and O–H groups in total. The first-order valence-electron chi connectivity index (χ1n) is 7.72. The van der Waals surface area contributed by atoms with Gasteiger partial charge in [0.25, 0.3) is 0 Å². The van der Waals surface area contributed by atoms with Crippen LogP contribution in [0.3, 0.4) is 0 Å². The largest absolute Gasteiger partial charge is 0.378 e. The molecule has 1 saturated carbocycles. The molecule has 0 bridgehead atoms. The molecule has 1 aromatic carbocycles. The summed E-state index contributed by atoms with van der Waals surface area (Å²) in [5, 5.41) is 6.40. The van der Waals surface area contributed by atoms with Crippen molar-refractivity contribution in [3.63, 3.8) is 0 Å². The Bertz CT molecular complexity index is 497. The van der Waals surface area contributed by atoms with E-state index in [2.05, 4.69) is 41.8 Å². The Balaban J connectivity index is 1.55. The summed E-state index contributed by atoms with van der Waals surface area (Å²) in [6.45, 7) is 3.86. The van der Waals surface area contributed by atoms with Crippen LogP contribution >= 0.6 is 0 Å². The minimum Gasteiger partial charge on any atom is -0.378 e. The smallest absolute Gasteiger partial charge is 0.223 e. The van der Waals surface area contributed by atoms with Crippen molar-refractivity contribution in [3.8, 4) is 0 Å². The molecule has 4 nitrogen and oxygen atoms in total. The number of nitrogens with one attached hydrogen (secondary N) is 2. The van der Waals surface area contributed by atoms with Gasteiger partial charge in [-0.25, -0.2) is 0 Å². The van der Waals surface area contributed by atoms with Gasteiger partial charge in [-0.05, 0) is 23.8 Å². The van der Waals surface area contributed by atoms with Gasteiger partial charge in [-0.3, -0.25) is 4.79 Å². The molecule has 0 aromatic heterocycles. The Morgan fingerprint density at radius 2 is 2.00 bits per heavy atom. The van der Waals surface area contributed by atoms with Crippen molar-refractivity contribution >= 4 is 5.91 Å². The van der Waals surface area contributed by atoms with E-state index in [-0.39, 0.29) is 29.4 Å². The summed E-state index contributed by atoms with van der Waals surface area (Å²) >= 11 is 0. The molecule has 0 unspecified atom stereocenters. The Hall–Kier alpha value is -1.39. The van der Waals surface area contributed by atoms with Gasteiger partial charge in [-0.15, -0.1) is 0 Å². The quantitative estimate of drug-likeness (QED) is 0.882. The lowest BCUT2D eigenvalue weighted by Crippen LogP contribution is -2.51. The molecule has 4 heteroatoms. The standard InChI is InChI=1S/C17H24N2O2/c1-17(13-6-4-3-5-7-13)8-12(9-17)16(20)19-14-10-18-11-15(14)21-2/h3-7,12,14-15,18H,8-11H2,1-2H3,(H,19,20)/t12?,14-,15+,17?/m0/s1. The predicted octanol–water partition coefficient (Wildman–Crippen LogP) is 1.46. The number of hydrogen-bond acceptors (Lipinski definition) is 3. The summed E-state index contributed by atoms with van der Waals surface area (Å²) in [6, 6.07) is 10.6. The van der Waals surface area contributed by atoms with E-state index in [0.29, 0.717) is 0 Å². The summed E-state index contributed by atoms with van der Waals surface area (Å²) in [6.07, 6.45) is 1.95. The van der Waals surface area contributed by atoms with Crippen molar-refractivity contribution in [2.45, 2.75) is 37.3 Å². The normalized spacial score (nSPS) is 35.2. The zero-order valence-electron chi connectivity index (χ0n) is 12.8. The third-order valence-electron chi connectivity index (χ3n) is 5.02. The maximum atomic E-state index is 12.4. The fraction of sp³-hybridized carbons (Fsp3) is 0.588. The SMILES string of the molecule is CO[C@@H]1CNC[C@@H]1NC(=O)C1CC(C)(c2ccccc2)C1. The molecule has 21 heavy (non-hydrogen) atoms. The summed E-state index contributed by atoms with van der Waals surface area (Å²) in [7, 11) is 1.70. The number of carbonyl (C=O) groups excluding carboxylic acids is 1. The molecule has 1 heterocycles. The van der Waals surface area contributed by atoms with Gasteiger partial charge in [-0.1, -0.05) is 37.3 Å². The number of methoxy groups -OCH3 is 1. The summed E-state index contributed by atoms with van der Waals surface area (Å²) in [5.74, 6) is 0.312. The second kappa shape index (κ2) is 5.78. The van der Waals surface area contributed by atoms with Gasteiger partial charge in [0.15, 0.2) is 0 Å². The minimum atomic E-state index is 0.0922. The molecule has 1 aliphatic heterocycles. The highest BCUT2D eigenvalue weighted by molar-refractivity contribution is 5.80. The summed E-state index contributed by atoms with van der Waals surface area (Å²) in [5.41, 5.74) is 1.49. The molecule has 114 valence electrons. The Kier molecular flexibility index (Phi) is 4.00. The first kappa shape index (κ1) is 14.5. The number of carbonyl (C=O) groups is 1. The Morgan fingerprint density at radius 1 is 1.29 bits per heavy atom. The predicted molar refractivity (Wildman–Crippen MR) is 82.1 cm³/mol. The van der Waals surface area contributed by atoms with Crippen molar-refractivity contribution in [3.05, 3.63) is 35.9 Å². The van der Waals surface area contributed by atoms with E-state index in [1.54, 1.807) is 7.11 Å². The molecule has 1 aliphatic carbocycles. The van der Waals surface area contributed by atoms with Crippen LogP contribution in [0.25, 0.3) is 0 Å². The molecule has 2 atom stereocenters. The highest BCUT2D eigenvalue weighted by Gasteiger charge is 2.45. The fourth-order valence-corrected chi connectivity index (χ4v) is 3.64. The Labute approximate surface area is 126 Å². The Morgan fingerprint density at radius 3 is 2.67 bits per heavy atom. The van der Waals surface area contributed by atoms with E-state index in [1.165, 1.54) is 5.56 Å². The van der Waals surface area contributed by atoms with Crippen molar-refractivity contribution < 1.29 is 9.53 Å². The van der Waals surface area contributed by atoms with Crippen LogP contribution in [0.4, 0.5) is 0 Å². The lowest BCUT2D eigenvalue weighted by Gasteiger charge is -2.45. The van der Waals surface area contributed by atoms with Crippen molar-refractivity contribution in [2.75, 3.05) is 20.2 Å². The van der Waals surface area contributed by atoms with Gasteiger partial charge in [-0.2, -0.15) is 0 Å². The molecule has 1 amide bonds. The second-order valence-corrected chi connectivity index (χ2v) is 6.58. The van der Waals surface area contributed by atoms with Crippen LogP contribution in [0.15, 0.2) is 30.3 Å². The topological polar surface area (TPSA) is 50.4 Å². The van der Waals surface area contributed by atoms with Crippen LogP contribution in [0.5, 0.6) is 0 Å². The van der Waals surface area contributed by atoms with Gasteiger partial charge in [0.05, 0.1) is 12.1 Å². The average molecular weight is 288 g/mol. The van der Waals surface area contributed by atoms with Crippen molar-refractivity contribution in [2.24, 2.45) is 5.92 Å². The zero-order valence-corrected chi connectivity index (χ0v) is 12.8. The molecule has 2 fully saturated rings. The maximum Gasteiger partial charge on any atom is 0.223 e. The minimum absolute atomic E-state index is 0.0922. The number of amides is 1. The number of rotatable bonds is 4. The van der Waals surface area contributed by atoms with Crippen LogP contribution in [0, 0.1) is 5.92 Å². The highest BCUT2D eigenvalue weighted by atomic mass is 16.5. The molecular formula is C17H24N2O2. The van der Waals surface area contributed by atoms with E-state index < -0.39 is 0 Å². The third-order valence-corrected chi connectivity index (χ3v) is 5.02. The van der Waals surface area contributed by atoms with Gasteiger partial charge in [0.2, 0.25) is 5.91 Å². The van der Waals surface area contributed by atoms with E-state index in [1.807, 2.05) is 6.07 Å². The molecule has 0 spiro atoms. The van der Waals surface area contributed by atoms with Crippen molar-refractivity contribution in [1.29, 1.82) is 0 Å². The number of hydrogen-bond donors (Lipinski definition) is 2. The number of benzene rings is 1. The molecule has 3 rings (SSSR count). The number of ether oxygens (including phenoxy) is 1. The third kappa shape index (κ3) is 2.83. The summed E-state index contributed by atoms with van der Waals surface area (Å²) in [4.78, 5) is 12.4. The van der Waals surface area contributed by atoms with E-state index >= 15 is 0 Å². The lowest BCUT2D eigenvalue weighted by atomic mass is 9.59. The van der Waals surface area contributed by atoms with Gasteiger partial charge < -0.3 is 15.4 Å². The molecule has 0 radical (unpaired) electrons. The van der Waals surface area contributed by atoms with Crippen LogP contribution < -0.4 is 10.6 Å². The van der Waals surface area contributed by atoms with Gasteiger partial charge in [0.1, 0.15) is 0 Å². The molecular weight excluding hydrogens is 264 g/mol. The van der Waals surface area contributed by atoms with Crippen LogP contribution in [0.2, 0.25) is 0 Å². The van der Waals surface area contributed by atoms with E-state index in [4.69, 9.17) is 4.74 Å². The zero-order chi connectivity index (χ0) is 14.9.